The van der Waals surface area contributed by atoms with Gasteiger partial charge in [0, 0.05) is 12.2 Å². The van der Waals surface area contributed by atoms with Crippen LogP contribution in [0.15, 0.2) is 47.1 Å². The van der Waals surface area contributed by atoms with Gasteiger partial charge in [0.15, 0.2) is 0 Å². The maximum Gasteiger partial charge on any atom is 0.125 e. The Hall–Kier alpha value is -1.74. The van der Waals surface area contributed by atoms with Crippen molar-refractivity contribution in [2.24, 2.45) is 0 Å². The van der Waals surface area contributed by atoms with E-state index in [1.165, 1.54) is 37.2 Å². The van der Waals surface area contributed by atoms with E-state index in [0.717, 1.165) is 18.7 Å². The smallest absolute Gasteiger partial charge is 0.125 e. The zero-order valence-electron chi connectivity index (χ0n) is 12.7. The number of hydrogen-bond donors (Lipinski definition) is 1. The molecule has 1 saturated heterocycles. The Morgan fingerprint density at radius 1 is 1.14 bits per heavy atom. The zero-order chi connectivity index (χ0) is 14.5. The van der Waals surface area contributed by atoms with Gasteiger partial charge in [-0.15, -0.1) is 0 Å². The summed E-state index contributed by atoms with van der Waals surface area (Å²) in [5.41, 5.74) is 2.61. The number of hydrogen-bond acceptors (Lipinski definition) is 3. The van der Waals surface area contributed by atoms with Crippen LogP contribution in [0.4, 0.5) is 5.69 Å². The van der Waals surface area contributed by atoms with Crippen molar-refractivity contribution in [1.82, 2.24) is 4.90 Å². The van der Waals surface area contributed by atoms with Crippen LogP contribution >= 0.6 is 0 Å². The van der Waals surface area contributed by atoms with Crippen molar-refractivity contribution in [3.05, 3.63) is 54.0 Å². The summed E-state index contributed by atoms with van der Waals surface area (Å²) in [6.45, 7) is 5.68. The van der Waals surface area contributed by atoms with Crippen molar-refractivity contribution in [1.29, 1.82) is 0 Å². The molecule has 0 radical (unpaired) electrons. The fraction of sp³-hybridized carbons (Fsp3) is 0.444. The Bertz CT molecular complexity index is 544. The molecule has 21 heavy (non-hydrogen) atoms. The Morgan fingerprint density at radius 3 is 2.67 bits per heavy atom. The summed E-state index contributed by atoms with van der Waals surface area (Å²) in [4.78, 5) is 2.54. The number of furan rings is 1. The third-order valence-electron chi connectivity index (χ3n) is 4.23. The van der Waals surface area contributed by atoms with E-state index in [-0.39, 0.29) is 6.04 Å². The van der Waals surface area contributed by atoms with E-state index in [4.69, 9.17) is 4.42 Å². The van der Waals surface area contributed by atoms with Crippen LogP contribution in [0.2, 0.25) is 0 Å². The fourth-order valence-electron chi connectivity index (χ4n) is 3.03. The SMILES string of the molecule is CCC(Nc1ccccc1CN1CCCC1)c1ccco1. The second-order valence-electron chi connectivity index (χ2n) is 5.76. The molecule has 1 aromatic heterocycles. The number of nitrogens with zero attached hydrogens (tertiary/aromatic N) is 1. The lowest BCUT2D eigenvalue weighted by molar-refractivity contribution is 0.332. The molecule has 1 fully saturated rings. The van der Waals surface area contributed by atoms with E-state index in [9.17, 15) is 0 Å². The molecule has 1 unspecified atom stereocenters. The van der Waals surface area contributed by atoms with Crippen molar-refractivity contribution in [3.8, 4) is 0 Å². The molecular weight excluding hydrogens is 260 g/mol. The number of benzene rings is 1. The summed E-state index contributed by atoms with van der Waals surface area (Å²) in [6, 6.07) is 12.9. The molecule has 1 N–H and O–H groups in total. The van der Waals surface area contributed by atoms with Crippen molar-refractivity contribution in [2.45, 2.75) is 38.8 Å². The van der Waals surface area contributed by atoms with Gasteiger partial charge in [0.2, 0.25) is 0 Å². The molecule has 112 valence electrons. The van der Waals surface area contributed by atoms with E-state index < -0.39 is 0 Å². The molecule has 3 nitrogen and oxygen atoms in total. The van der Waals surface area contributed by atoms with E-state index in [1.54, 1.807) is 6.26 Å². The first kappa shape index (κ1) is 14.2. The van der Waals surface area contributed by atoms with E-state index in [0.29, 0.717) is 0 Å². The summed E-state index contributed by atoms with van der Waals surface area (Å²) < 4.78 is 5.56. The van der Waals surface area contributed by atoms with Crippen molar-refractivity contribution in [2.75, 3.05) is 18.4 Å². The Balaban J connectivity index is 1.74. The Morgan fingerprint density at radius 2 is 1.95 bits per heavy atom. The highest BCUT2D eigenvalue weighted by Gasteiger charge is 2.16. The van der Waals surface area contributed by atoms with Gasteiger partial charge >= 0.3 is 0 Å². The first-order chi connectivity index (χ1) is 10.4. The summed E-state index contributed by atoms with van der Waals surface area (Å²) >= 11 is 0. The van der Waals surface area contributed by atoms with Gasteiger partial charge in [-0.05, 0) is 56.1 Å². The molecule has 0 spiro atoms. The van der Waals surface area contributed by atoms with E-state index in [1.807, 2.05) is 12.1 Å². The number of likely N-dealkylation sites (tertiary alicyclic amines) is 1. The number of anilines is 1. The number of nitrogens with one attached hydrogen (secondary N) is 1. The largest absolute Gasteiger partial charge is 0.467 e. The quantitative estimate of drug-likeness (QED) is 0.850. The summed E-state index contributed by atoms with van der Waals surface area (Å²) in [6.07, 6.45) is 5.42. The minimum Gasteiger partial charge on any atom is -0.467 e. The summed E-state index contributed by atoms with van der Waals surface area (Å²) in [5, 5.41) is 3.65. The van der Waals surface area contributed by atoms with Crippen LogP contribution in [0.3, 0.4) is 0 Å². The molecule has 0 amide bonds. The average Bonchev–Trinajstić information content (AvgIpc) is 3.19. The van der Waals surface area contributed by atoms with Gasteiger partial charge in [0.05, 0.1) is 12.3 Å². The van der Waals surface area contributed by atoms with Crippen molar-refractivity contribution in [3.63, 3.8) is 0 Å². The molecule has 1 atom stereocenters. The van der Waals surface area contributed by atoms with Gasteiger partial charge in [-0.25, -0.2) is 0 Å². The highest BCUT2D eigenvalue weighted by molar-refractivity contribution is 5.52. The molecule has 3 rings (SSSR count). The molecule has 0 bridgehead atoms. The third-order valence-corrected chi connectivity index (χ3v) is 4.23. The second-order valence-corrected chi connectivity index (χ2v) is 5.76. The predicted octanol–water partition coefficient (Wildman–Crippen LogP) is 4.44. The maximum atomic E-state index is 5.56. The predicted molar refractivity (Wildman–Crippen MR) is 86.3 cm³/mol. The van der Waals surface area contributed by atoms with Crippen LogP contribution in [0.5, 0.6) is 0 Å². The summed E-state index contributed by atoms with van der Waals surface area (Å²) in [5.74, 6) is 1.01. The Labute approximate surface area is 127 Å². The maximum absolute atomic E-state index is 5.56. The lowest BCUT2D eigenvalue weighted by atomic mass is 10.1. The first-order valence-corrected chi connectivity index (χ1v) is 7.97. The molecular formula is C18H24N2O. The molecule has 2 heterocycles. The Kier molecular flexibility index (Phi) is 4.61. The van der Waals surface area contributed by atoms with E-state index in [2.05, 4.69) is 41.4 Å². The van der Waals surface area contributed by atoms with Crippen molar-refractivity contribution < 1.29 is 4.42 Å². The highest BCUT2D eigenvalue weighted by atomic mass is 16.3. The molecule has 2 aromatic rings. The highest BCUT2D eigenvalue weighted by Crippen LogP contribution is 2.26. The molecule has 1 aliphatic rings. The molecule has 3 heteroatoms. The zero-order valence-corrected chi connectivity index (χ0v) is 12.7. The lowest BCUT2D eigenvalue weighted by Crippen LogP contribution is -2.20. The second kappa shape index (κ2) is 6.81. The lowest BCUT2D eigenvalue weighted by Gasteiger charge is -2.21. The van der Waals surface area contributed by atoms with Crippen LogP contribution in [-0.4, -0.2) is 18.0 Å². The van der Waals surface area contributed by atoms with Gasteiger partial charge in [-0.1, -0.05) is 25.1 Å². The van der Waals surface area contributed by atoms with Gasteiger partial charge in [0.25, 0.3) is 0 Å². The van der Waals surface area contributed by atoms with Crippen LogP contribution < -0.4 is 5.32 Å². The molecule has 1 aliphatic heterocycles. The number of rotatable bonds is 6. The van der Waals surface area contributed by atoms with E-state index >= 15 is 0 Å². The van der Waals surface area contributed by atoms with Gasteiger partial charge in [-0.2, -0.15) is 0 Å². The average molecular weight is 284 g/mol. The van der Waals surface area contributed by atoms with Crippen LogP contribution in [0.1, 0.15) is 43.6 Å². The minimum absolute atomic E-state index is 0.236. The number of para-hydroxylation sites is 1. The van der Waals surface area contributed by atoms with Crippen LogP contribution in [0, 0.1) is 0 Å². The monoisotopic (exact) mass is 284 g/mol. The summed E-state index contributed by atoms with van der Waals surface area (Å²) in [7, 11) is 0. The standard InChI is InChI=1S/C18H24N2O/c1-2-16(18-10-7-13-21-18)19-17-9-4-3-8-15(17)14-20-11-5-6-12-20/h3-4,7-10,13,16,19H,2,5-6,11-12,14H2,1H3. The fourth-order valence-corrected chi connectivity index (χ4v) is 3.03. The van der Waals surface area contributed by atoms with Crippen molar-refractivity contribution >= 4 is 5.69 Å². The normalized spacial score (nSPS) is 17.0. The van der Waals surface area contributed by atoms with Crippen LogP contribution in [0.25, 0.3) is 0 Å². The molecule has 0 saturated carbocycles. The molecule has 0 aliphatic carbocycles. The topological polar surface area (TPSA) is 28.4 Å². The van der Waals surface area contributed by atoms with Gasteiger partial charge in [0.1, 0.15) is 5.76 Å². The molecule has 1 aromatic carbocycles. The third kappa shape index (κ3) is 3.48. The minimum atomic E-state index is 0.236. The van der Waals surface area contributed by atoms with Gasteiger partial charge in [-0.3, -0.25) is 4.90 Å². The first-order valence-electron chi connectivity index (χ1n) is 7.97. The van der Waals surface area contributed by atoms with Crippen LogP contribution in [-0.2, 0) is 6.54 Å². The van der Waals surface area contributed by atoms with Gasteiger partial charge < -0.3 is 9.73 Å².